The van der Waals surface area contributed by atoms with E-state index in [4.69, 9.17) is 5.11 Å². The summed E-state index contributed by atoms with van der Waals surface area (Å²) in [5.74, 6) is -5.21. The molecule has 1 aromatic carbocycles. The van der Waals surface area contributed by atoms with Gasteiger partial charge in [-0.2, -0.15) is 5.10 Å². The highest BCUT2D eigenvalue weighted by atomic mass is 19.1. The van der Waals surface area contributed by atoms with E-state index in [1.807, 2.05) is 0 Å². The molecule has 1 unspecified atom stereocenters. The summed E-state index contributed by atoms with van der Waals surface area (Å²) < 4.78 is 28.6. The molecule has 0 aliphatic rings. The van der Waals surface area contributed by atoms with Gasteiger partial charge in [-0.3, -0.25) is 19.1 Å². The molecule has 1 heterocycles. The van der Waals surface area contributed by atoms with Gasteiger partial charge in [-0.25, -0.2) is 8.78 Å². The molecule has 144 valence electrons. The van der Waals surface area contributed by atoms with E-state index in [1.165, 1.54) is 12.3 Å². The van der Waals surface area contributed by atoms with E-state index in [-0.39, 0.29) is 12.4 Å². The Hall–Kier alpha value is -3.30. The number of halogens is 2. The third-order valence-corrected chi connectivity index (χ3v) is 3.61. The molecule has 0 bridgehead atoms. The molecule has 0 aliphatic carbocycles. The molecule has 0 saturated carbocycles. The molecule has 0 fully saturated rings. The van der Waals surface area contributed by atoms with Gasteiger partial charge in [0.25, 0.3) is 5.91 Å². The first kappa shape index (κ1) is 20.0. The van der Waals surface area contributed by atoms with Crippen molar-refractivity contribution in [2.45, 2.75) is 26.4 Å². The summed E-state index contributed by atoms with van der Waals surface area (Å²) >= 11 is 0. The van der Waals surface area contributed by atoms with Gasteiger partial charge in [-0.15, -0.1) is 0 Å². The second-order valence-electron chi connectivity index (χ2n) is 6.07. The molecule has 8 nitrogen and oxygen atoms in total. The predicted molar refractivity (Wildman–Crippen MR) is 90.9 cm³/mol. The number of rotatable bonds is 7. The van der Waals surface area contributed by atoms with Crippen LogP contribution >= 0.6 is 0 Å². The average Bonchev–Trinajstić information content (AvgIpc) is 2.98. The van der Waals surface area contributed by atoms with E-state index >= 15 is 0 Å². The standard InChI is InChI=1S/C17H18F2N4O4/c1-9(2)15(21-16(26)14-10(18)4-3-5-11(14)19)17(27)20-12-6-7-23(22-12)8-13(24)25/h3-7,9,15H,8H2,1-2H3,(H,21,26)(H,24,25)(H,20,22,27). The monoisotopic (exact) mass is 380 g/mol. The molecular formula is C17H18F2N4O4. The van der Waals surface area contributed by atoms with Gasteiger partial charge < -0.3 is 15.7 Å². The number of carboxylic acids is 1. The second kappa shape index (κ2) is 8.39. The first-order valence-corrected chi connectivity index (χ1v) is 8.00. The molecule has 10 heteroatoms. The average molecular weight is 380 g/mol. The van der Waals surface area contributed by atoms with Crippen molar-refractivity contribution in [2.75, 3.05) is 5.32 Å². The summed E-state index contributed by atoms with van der Waals surface area (Å²) in [6.07, 6.45) is 1.36. The van der Waals surface area contributed by atoms with Crippen molar-refractivity contribution >= 4 is 23.6 Å². The van der Waals surface area contributed by atoms with Gasteiger partial charge in [-0.05, 0) is 18.1 Å². The normalized spacial score (nSPS) is 11.9. The molecule has 27 heavy (non-hydrogen) atoms. The number of aromatic nitrogens is 2. The third-order valence-electron chi connectivity index (χ3n) is 3.61. The Bertz CT molecular complexity index is 846. The predicted octanol–water partition coefficient (Wildman–Crippen LogP) is 1.64. The largest absolute Gasteiger partial charge is 0.480 e. The van der Waals surface area contributed by atoms with Crippen molar-refractivity contribution in [3.05, 3.63) is 47.7 Å². The fraction of sp³-hybridized carbons (Fsp3) is 0.294. The fourth-order valence-corrected chi connectivity index (χ4v) is 2.32. The topological polar surface area (TPSA) is 113 Å². The van der Waals surface area contributed by atoms with Crippen LogP contribution in [0, 0.1) is 17.6 Å². The van der Waals surface area contributed by atoms with Gasteiger partial charge in [0.2, 0.25) is 5.91 Å². The number of benzene rings is 1. The smallest absolute Gasteiger partial charge is 0.325 e. The van der Waals surface area contributed by atoms with E-state index in [9.17, 15) is 23.2 Å². The van der Waals surface area contributed by atoms with Crippen LogP contribution in [0.2, 0.25) is 0 Å². The van der Waals surface area contributed by atoms with Crippen LogP contribution in [0.15, 0.2) is 30.5 Å². The van der Waals surface area contributed by atoms with Crippen molar-refractivity contribution < 1.29 is 28.3 Å². The highest BCUT2D eigenvalue weighted by molar-refractivity contribution is 6.01. The maximum absolute atomic E-state index is 13.7. The Labute approximate surface area is 153 Å². The number of hydrogen-bond acceptors (Lipinski definition) is 4. The Balaban J connectivity index is 2.12. The van der Waals surface area contributed by atoms with Crippen LogP contribution < -0.4 is 10.6 Å². The summed E-state index contributed by atoms with van der Waals surface area (Å²) in [5, 5.41) is 17.3. The zero-order valence-electron chi connectivity index (χ0n) is 14.6. The quantitative estimate of drug-likeness (QED) is 0.676. The molecule has 0 spiro atoms. The number of nitrogens with zero attached hydrogens (tertiary/aromatic N) is 2. The molecular weight excluding hydrogens is 362 g/mol. The third kappa shape index (κ3) is 5.09. The SMILES string of the molecule is CC(C)C(NC(=O)c1c(F)cccc1F)C(=O)Nc1ccn(CC(=O)O)n1. The van der Waals surface area contributed by atoms with Crippen LogP contribution in [0.1, 0.15) is 24.2 Å². The maximum Gasteiger partial charge on any atom is 0.325 e. The highest BCUT2D eigenvalue weighted by Crippen LogP contribution is 2.14. The molecule has 1 atom stereocenters. The lowest BCUT2D eigenvalue weighted by Crippen LogP contribution is -2.47. The first-order chi connectivity index (χ1) is 12.7. The van der Waals surface area contributed by atoms with Gasteiger partial charge >= 0.3 is 5.97 Å². The summed E-state index contributed by atoms with van der Waals surface area (Å²) in [4.78, 5) is 35.3. The number of anilines is 1. The molecule has 1 aromatic heterocycles. The second-order valence-corrected chi connectivity index (χ2v) is 6.07. The molecule has 3 N–H and O–H groups in total. The Morgan fingerprint density at radius 2 is 1.81 bits per heavy atom. The highest BCUT2D eigenvalue weighted by Gasteiger charge is 2.27. The maximum atomic E-state index is 13.7. The minimum Gasteiger partial charge on any atom is -0.480 e. The van der Waals surface area contributed by atoms with Gasteiger partial charge in [-0.1, -0.05) is 19.9 Å². The number of aliphatic carboxylic acids is 1. The summed E-state index contributed by atoms with van der Waals surface area (Å²) in [5.41, 5.74) is -0.776. The molecule has 2 rings (SSSR count). The van der Waals surface area contributed by atoms with Crippen LogP contribution in [0.4, 0.5) is 14.6 Å². The van der Waals surface area contributed by atoms with Crippen molar-refractivity contribution in [3.8, 4) is 0 Å². The number of hydrogen-bond donors (Lipinski definition) is 3. The fourth-order valence-electron chi connectivity index (χ4n) is 2.32. The van der Waals surface area contributed by atoms with Crippen LogP contribution in [0.5, 0.6) is 0 Å². The first-order valence-electron chi connectivity index (χ1n) is 8.00. The van der Waals surface area contributed by atoms with E-state index in [1.54, 1.807) is 13.8 Å². The van der Waals surface area contributed by atoms with Crippen LogP contribution in [-0.4, -0.2) is 38.7 Å². The van der Waals surface area contributed by atoms with Gasteiger partial charge in [0, 0.05) is 12.3 Å². The van der Waals surface area contributed by atoms with E-state index in [0.717, 1.165) is 22.9 Å². The number of carbonyl (C=O) groups excluding carboxylic acids is 2. The van der Waals surface area contributed by atoms with E-state index < -0.39 is 46.9 Å². The molecule has 0 saturated heterocycles. The lowest BCUT2D eigenvalue weighted by atomic mass is 10.0. The summed E-state index contributed by atoms with van der Waals surface area (Å²) in [6.45, 7) is 2.91. The minimum absolute atomic E-state index is 0.0817. The van der Waals surface area contributed by atoms with Crippen molar-refractivity contribution in [2.24, 2.45) is 5.92 Å². The Morgan fingerprint density at radius 3 is 2.37 bits per heavy atom. The summed E-state index contributed by atoms with van der Waals surface area (Å²) in [6, 6.07) is 3.30. The van der Waals surface area contributed by atoms with Gasteiger partial charge in [0.05, 0.1) is 0 Å². The van der Waals surface area contributed by atoms with E-state index in [0.29, 0.717) is 0 Å². The van der Waals surface area contributed by atoms with Crippen molar-refractivity contribution in [3.63, 3.8) is 0 Å². The van der Waals surface area contributed by atoms with Crippen LogP contribution in [0.25, 0.3) is 0 Å². The minimum atomic E-state index is -1.10. The van der Waals surface area contributed by atoms with Crippen molar-refractivity contribution in [1.29, 1.82) is 0 Å². The van der Waals surface area contributed by atoms with Crippen LogP contribution in [0.3, 0.4) is 0 Å². The van der Waals surface area contributed by atoms with Crippen molar-refractivity contribution in [1.82, 2.24) is 15.1 Å². The number of carboxylic acid groups (broad SMARTS) is 1. The van der Waals surface area contributed by atoms with Crippen LogP contribution in [-0.2, 0) is 16.1 Å². The van der Waals surface area contributed by atoms with Gasteiger partial charge in [0.15, 0.2) is 5.82 Å². The molecule has 0 aliphatic heterocycles. The Kier molecular flexibility index (Phi) is 6.22. The Morgan fingerprint density at radius 1 is 1.19 bits per heavy atom. The summed E-state index contributed by atoms with van der Waals surface area (Å²) in [7, 11) is 0. The zero-order chi connectivity index (χ0) is 20.1. The number of nitrogens with one attached hydrogen (secondary N) is 2. The number of amides is 2. The van der Waals surface area contributed by atoms with E-state index in [2.05, 4.69) is 15.7 Å². The molecule has 0 radical (unpaired) electrons. The molecule has 2 amide bonds. The lowest BCUT2D eigenvalue weighted by molar-refractivity contribution is -0.137. The van der Waals surface area contributed by atoms with Gasteiger partial charge in [0.1, 0.15) is 29.8 Å². The lowest BCUT2D eigenvalue weighted by Gasteiger charge is -2.21. The molecule has 2 aromatic rings. The zero-order valence-corrected chi connectivity index (χ0v) is 14.6. The number of carbonyl (C=O) groups is 3.